The Morgan fingerprint density at radius 1 is 1.25 bits per heavy atom. The van der Waals surface area contributed by atoms with Crippen molar-refractivity contribution in [2.24, 2.45) is 0 Å². The van der Waals surface area contributed by atoms with Gasteiger partial charge in [-0.1, -0.05) is 0 Å². The Morgan fingerprint density at radius 2 is 2.00 bits per heavy atom. The lowest BCUT2D eigenvalue weighted by Crippen LogP contribution is -2.20. The molecular formula is C12H13N5O3. The first kappa shape index (κ1) is 13.5. The lowest BCUT2D eigenvalue weighted by atomic mass is 10.3. The van der Waals surface area contributed by atoms with E-state index in [1.165, 1.54) is 18.3 Å². The van der Waals surface area contributed by atoms with Crippen molar-refractivity contribution in [3.05, 3.63) is 35.4 Å². The SMILES string of the molecule is Cc1n[nH]c(C)c1NC(=O)Nc1ccc(C(=O)O)nc1. The molecule has 4 N–H and O–H groups in total. The second-order valence-corrected chi connectivity index (χ2v) is 4.13. The molecule has 8 heteroatoms. The number of aromatic carboxylic acids is 1. The maximum Gasteiger partial charge on any atom is 0.354 e. The Morgan fingerprint density at radius 3 is 2.50 bits per heavy atom. The summed E-state index contributed by atoms with van der Waals surface area (Å²) in [6, 6.07) is 2.32. The summed E-state index contributed by atoms with van der Waals surface area (Å²) in [5.41, 5.74) is 2.34. The highest BCUT2D eigenvalue weighted by Crippen LogP contribution is 2.16. The fourth-order valence-electron chi connectivity index (χ4n) is 1.61. The van der Waals surface area contributed by atoms with Gasteiger partial charge in [0.1, 0.15) is 5.69 Å². The summed E-state index contributed by atoms with van der Waals surface area (Å²) in [6.07, 6.45) is 1.28. The van der Waals surface area contributed by atoms with Crippen molar-refractivity contribution in [1.29, 1.82) is 0 Å². The molecule has 0 atom stereocenters. The third-order valence-corrected chi connectivity index (χ3v) is 2.61. The maximum atomic E-state index is 11.8. The van der Waals surface area contributed by atoms with Crippen LogP contribution in [0.1, 0.15) is 21.9 Å². The minimum atomic E-state index is -1.12. The van der Waals surface area contributed by atoms with Crippen molar-refractivity contribution in [3.8, 4) is 0 Å². The van der Waals surface area contributed by atoms with Crippen LogP contribution >= 0.6 is 0 Å². The number of pyridine rings is 1. The highest BCUT2D eigenvalue weighted by atomic mass is 16.4. The number of anilines is 2. The van der Waals surface area contributed by atoms with Crippen LogP contribution in [0.15, 0.2) is 18.3 Å². The Hall–Kier alpha value is -2.90. The monoisotopic (exact) mass is 275 g/mol. The number of carbonyl (C=O) groups is 2. The Balaban J connectivity index is 2.03. The summed E-state index contributed by atoms with van der Waals surface area (Å²) in [5, 5.41) is 20.6. The van der Waals surface area contributed by atoms with Gasteiger partial charge in [0.25, 0.3) is 0 Å². The number of carbonyl (C=O) groups excluding carboxylic acids is 1. The smallest absolute Gasteiger partial charge is 0.354 e. The molecule has 0 aliphatic rings. The van der Waals surface area contributed by atoms with Gasteiger partial charge in [0.15, 0.2) is 0 Å². The number of nitrogens with one attached hydrogen (secondary N) is 3. The summed E-state index contributed by atoms with van der Waals surface area (Å²) in [6.45, 7) is 3.56. The molecule has 0 aromatic carbocycles. The minimum absolute atomic E-state index is 0.0857. The van der Waals surface area contributed by atoms with Gasteiger partial charge in [-0.25, -0.2) is 14.6 Å². The van der Waals surface area contributed by atoms with Crippen LogP contribution in [0.3, 0.4) is 0 Å². The molecular weight excluding hydrogens is 262 g/mol. The fourth-order valence-corrected chi connectivity index (χ4v) is 1.61. The van der Waals surface area contributed by atoms with Gasteiger partial charge in [0.2, 0.25) is 0 Å². The van der Waals surface area contributed by atoms with Crippen LogP contribution in [-0.2, 0) is 0 Å². The number of amides is 2. The van der Waals surface area contributed by atoms with Crippen LogP contribution < -0.4 is 10.6 Å². The van der Waals surface area contributed by atoms with Gasteiger partial charge in [-0.15, -0.1) is 0 Å². The van der Waals surface area contributed by atoms with E-state index >= 15 is 0 Å². The van der Waals surface area contributed by atoms with Crippen molar-refractivity contribution in [3.63, 3.8) is 0 Å². The number of rotatable bonds is 3. The molecule has 0 saturated carbocycles. The van der Waals surface area contributed by atoms with Crippen molar-refractivity contribution in [2.75, 3.05) is 10.6 Å². The van der Waals surface area contributed by atoms with Gasteiger partial charge < -0.3 is 15.7 Å². The highest BCUT2D eigenvalue weighted by molar-refractivity contribution is 6.00. The largest absolute Gasteiger partial charge is 0.477 e. The number of urea groups is 1. The van der Waals surface area contributed by atoms with Gasteiger partial charge >= 0.3 is 12.0 Å². The minimum Gasteiger partial charge on any atom is -0.477 e. The number of hydrogen-bond donors (Lipinski definition) is 4. The fraction of sp³-hybridized carbons (Fsp3) is 0.167. The first-order valence-corrected chi connectivity index (χ1v) is 5.76. The number of aromatic nitrogens is 3. The molecule has 2 aromatic heterocycles. The molecule has 0 aliphatic heterocycles. The average Bonchev–Trinajstić information content (AvgIpc) is 2.71. The normalized spacial score (nSPS) is 10.1. The zero-order chi connectivity index (χ0) is 14.7. The van der Waals surface area contributed by atoms with E-state index in [9.17, 15) is 9.59 Å². The zero-order valence-electron chi connectivity index (χ0n) is 10.9. The average molecular weight is 275 g/mol. The summed E-state index contributed by atoms with van der Waals surface area (Å²) < 4.78 is 0. The zero-order valence-corrected chi connectivity index (χ0v) is 10.9. The van der Waals surface area contributed by atoms with Crippen LogP contribution in [-0.4, -0.2) is 32.3 Å². The first-order valence-electron chi connectivity index (χ1n) is 5.76. The topological polar surface area (TPSA) is 120 Å². The van der Waals surface area contributed by atoms with Crippen LogP contribution in [0.5, 0.6) is 0 Å². The number of aromatic amines is 1. The number of aryl methyl sites for hydroxylation is 2. The molecule has 0 aliphatic carbocycles. The molecule has 0 unspecified atom stereocenters. The summed E-state index contributed by atoms with van der Waals surface area (Å²) in [7, 11) is 0. The van der Waals surface area contributed by atoms with E-state index in [-0.39, 0.29) is 5.69 Å². The van der Waals surface area contributed by atoms with E-state index in [4.69, 9.17) is 5.11 Å². The van der Waals surface area contributed by atoms with Crippen LogP contribution in [0.2, 0.25) is 0 Å². The van der Waals surface area contributed by atoms with Crippen molar-refractivity contribution < 1.29 is 14.7 Å². The summed E-state index contributed by atoms with van der Waals surface area (Å²) >= 11 is 0. The first-order chi connectivity index (χ1) is 9.47. The van der Waals surface area contributed by atoms with E-state index in [1.54, 1.807) is 13.8 Å². The lowest BCUT2D eigenvalue weighted by Gasteiger charge is -2.07. The quantitative estimate of drug-likeness (QED) is 0.680. The summed E-state index contributed by atoms with van der Waals surface area (Å²) in [4.78, 5) is 26.1. The molecule has 2 aromatic rings. The van der Waals surface area contributed by atoms with Gasteiger partial charge in [-0.2, -0.15) is 5.10 Å². The molecule has 2 rings (SSSR count). The van der Waals surface area contributed by atoms with Gasteiger partial charge in [-0.3, -0.25) is 5.10 Å². The number of carboxylic acid groups (broad SMARTS) is 1. The second-order valence-electron chi connectivity index (χ2n) is 4.13. The van der Waals surface area contributed by atoms with Crippen molar-refractivity contribution in [1.82, 2.24) is 15.2 Å². The van der Waals surface area contributed by atoms with Gasteiger partial charge in [0.05, 0.1) is 29.0 Å². The highest BCUT2D eigenvalue weighted by Gasteiger charge is 2.10. The molecule has 104 valence electrons. The Bertz CT molecular complexity index is 628. The van der Waals surface area contributed by atoms with E-state index in [1.807, 2.05) is 0 Å². The molecule has 20 heavy (non-hydrogen) atoms. The second kappa shape index (κ2) is 5.39. The number of nitrogens with zero attached hydrogens (tertiary/aromatic N) is 2. The van der Waals surface area contributed by atoms with Gasteiger partial charge in [-0.05, 0) is 26.0 Å². The molecule has 0 bridgehead atoms. The number of hydrogen-bond acceptors (Lipinski definition) is 4. The molecule has 0 saturated heterocycles. The predicted octanol–water partition coefficient (Wildman–Crippen LogP) is 1.76. The predicted molar refractivity (Wildman–Crippen MR) is 71.9 cm³/mol. The number of carboxylic acids is 1. The molecule has 2 amide bonds. The lowest BCUT2D eigenvalue weighted by molar-refractivity contribution is 0.0690. The standard InChI is InChI=1S/C12H13N5O3/c1-6-10(7(2)17-16-6)15-12(20)14-8-3-4-9(11(18)19)13-5-8/h3-5H,1-2H3,(H,16,17)(H,18,19)(H2,14,15,20). The van der Waals surface area contributed by atoms with E-state index < -0.39 is 12.0 Å². The Kier molecular flexibility index (Phi) is 3.65. The van der Waals surface area contributed by atoms with Crippen LogP contribution in [0, 0.1) is 13.8 Å². The third kappa shape index (κ3) is 2.91. The molecule has 8 nitrogen and oxygen atoms in total. The molecule has 0 spiro atoms. The third-order valence-electron chi connectivity index (χ3n) is 2.61. The van der Waals surface area contributed by atoms with Crippen LogP contribution in [0.4, 0.5) is 16.2 Å². The van der Waals surface area contributed by atoms with Gasteiger partial charge in [0, 0.05) is 0 Å². The van der Waals surface area contributed by atoms with Crippen LogP contribution in [0.25, 0.3) is 0 Å². The Labute approximate surface area is 114 Å². The maximum absolute atomic E-state index is 11.8. The van der Waals surface area contributed by atoms with Crippen molar-refractivity contribution in [2.45, 2.75) is 13.8 Å². The molecule has 0 radical (unpaired) electrons. The molecule has 0 fully saturated rings. The van der Waals surface area contributed by atoms with Crippen molar-refractivity contribution >= 4 is 23.4 Å². The summed E-state index contributed by atoms with van der Waals surface area (Å²) in [5.74, 6) is -1.12. The molecule has 2 heterocycles. The number of H-pyrrole nitrogens is 1. The van der Waals surface area contributed by atoms with E-state index in [2.05, 4.69) is 25.8 Å². The van der Waals surface area contributed by atoms with E-state index in [0.29, 0.717) is 17.1 Å². The van der Waals surface area contributed by atoms with E-state index in [0.717, 1.165) is 5.69 Å².